The molecular formula is C23H18Br2O3. The molecule has 3 aromatic rings. The van der Waals surface area contributed by atoms with Gasteiger partial charge in [0.05, 0.1) is 12.7 Å². The van der Waals surface area contributed by atoms with Crippen molar-refractivity contribution in [2.45, 2.75) is 19.8 Å². The van der Waals surface area contributed by atoms with Crippen molar-refractivity contribution in [1.29, 1.82) is 0 Å². The fourth-order valence-corrected chi connectivity index (χ4v) is 4.36. The van der Waals surface area contributed by atoms with E-state index in [4.69, 9.17) is 9.47 Å². The van der Waals surface area contributed by atoms with E-state index in [-0.39, 0.29) is 11.9 Å². The number of hydrogen-bond acceptors (Lipinski definition) is 3. The molecule has 4 rings (SSSR count). The highest BCUT2D eigenvalue weighted by atomic mass is 79.9. The predicted molar refractivity (Wildman–Crippen MR) is 117 cm³/mol. The van der Waals surface area contributed by atoms with E-state index in [1.807, 2.05) is 50.2 Å². The molecule has 0 amide bonds. The number of carbonyl (C=O) groups excluding carboxylic acids is 1. The van der Waals surface area contributed by atoms with Gasteiger partial charge in [-0.1, -0.05) is 50.1 Å². The summed E-state index contributed by atoms with van der Waals surface area (Å²) >= 11 is 7.29. The molecule has 0 unspecified atom stereocenters. The number of hydrogen-bond donors (Lipinski definition) is 0. The Morgan fingerprint density at radius 3 is 1.96 bits per heavy atom. The van der Waals surface area contributed by atoms with E-state index < -0.39 is 0 Å². The molecule has 0 bridgehead atoms. The van der Waals surface area contributed by atoms with Gasteiger partial charge in [-0.15, -0.1) is 0 Å². The highest BCUT2D eigenvalue weighted by molar-refractivity contribution is 9.10. The highest BCUT2D eigenvalue weighted by Crippen LogP contribution is 2.50. The molecule has 5 heteroatoms. The van der Waals surface area contributed by atoms with Crippen molar-refractivity contribution in [3.63, 3.8) is 0 Å². The molecule has 0 N–H and O–H groups in total. The molecule has 1 aliphatic heterocycles. The smallest absolute Gasteiger partial charge is 0.338 e. The number of esters is 1. The van der Waals surface area contributed by atoms with Gasteiger partial charge in [0.2, 0.25) is 0 Å². The summed E-state index contributed by atoms with van der Waals surface area (Å²) in [6.07, 6.45) is 0. The van der Waals surface area contributed by atoms with E-state index in [1.165, 1.54) is 7.11 Å². The lowest BCUT2D eigenvalue weighted by molar-refractivity contribution is 0.0599. The first-order chi connectivity index (χ1) is 13.4. The minimum absolute atomic E-state index is 0.150. The summed E-state index contributed by atoms with van der Waals surface area (Å²) in [6, 6.07) is 15.8. The van der Waals surface area contributed by atoms with Gasteiger partial charge in [0, 0.05) is 26.0 Å². The first kappa shape index (κ1) is 19.2. The average Bonchev–Trinajstić information content (AvgIpc) is 2.68. The second kappa shape index (κ2) is 7.37. The Bertz CT molecular complexity index is 1050. The largest absolute Gasteiger partial charge is 0.465 e. The van der Waals surface area contributed by atoms with Gasteiger partial charge in [-0.3, -0.25) is 0 Å². The van der Waals surface area contributed by atoms with Crippen molar-refractivity contribution >= 4 is 37.8 Å². The van der Waals surface area contributed by atoms with Gasteiger partial charge in [0.25, 0.3) is 0 Å². The molecule has 0 aromatic heterocycles. The number of fused-ring (bicyclic) bond motifs is 2. The third kappa shape index (κ3) is 3.16. The zero-order chi connectivity index (χ0) is 20.0. The van der Waals surface area contributed by atoms with Gasteiger partial charge in [-0.2, -0.15) is 0 Å². The lowest BCUT2D eigenvalue weighted by Crippen LogP contribution is -2.16. The molecule has 3 aromatic carbocycles. The van der Waals surface area contributed by atoms with Gasteiger partial charge < -0.3 is 9.47 Å². The summed E-state index contributed by atoms with van der Waals surface area (Å²) in [5.41, 5.74) is 5.66. The van der Waals surface area contributed by atoms with Crippen LogP contribution in [0.4, 0.5) is 0 Å². The third-order valence-electron chi connectivity index (χ3n) is 5.10. The summed E-state index contributed by atoms with van der Waals surface area (Å²) in [5, 5.41) is 0. The molecule has 28 heavy (non-hydrogen) atoms. The lowest BCUT2D eigenvalue weighted by Gasteiger charge is -2.31. The number of methoxy groups -OCH3 is 1. The maximum absolute atomic E-state index is 12.5. The predicted octanol–water partition coefficient (Wildman–Crippen LogP) is 6.90. The lowest BCUT2D eigenvalue weighted by atomic mass is 9.80. The van der Waals surface area contributed by atoms with Gasteiger partial charge in [0.15, 0.2) is 0 Å². The minimum Gasteiger partial charge on any atom is -0.465 e. The fourth-order valence-electron chi connectivity index (χ4n) is 3.63. The Morgan fingerprint density at radius 2 is 1.43 bits per heavy atom. The average molecular weight is 502 g/mol. The Balaban J connectivity index is 2.04. The molecule has 1 aliphatic rings. The first-order valence-electron chi connectivity index (χ1n) is 8.86. The van der Waals surface area contributed by atoms with Crippen molar-refractivity contribution < 1.29 is 14.3 Å². The molecule has 0 atom stereocenters. The summed E-state index contributed by atoms with van der Waals surface area (Å²) in [5.74, 6) is 1.12. The van der Waals surface area contributed by atoms with Crippen LogP contribution in [-0.4, -0.2) is 13.1 Å². The zero-order valence-corrected chi connectivity index (χ0v) is 18.8. The van der Waals surface area contributed by atoms with Gasteiger partial charge in [-0.05, 0) is 60.9 Å². The molecule has 0 radical (unpaired) electrons. The van der Waals surface area contributed by atoms with E-state index in [0.717, 1.165) is 48.3 Å². The van der Waals surface area contributed by atoms with Crippen LogP contribution in [0.2, 0.25) is 0 Å². The van der Waals surface area contributed by atoms with Crippen molar-refractivity contribution in [3.05, 3.63) is 90.9 Å². The van der Waals surface area contributed by atoms with Crippen molar-refractivity contribution in [3.8, 4) is 11.5 Å². The van der Waals surface area contributed by atoms with Crippen LogP contribution in [0.3, 0.4) is 0 Å². The first-order valence-corrected chi connectivity index (χ1v) is 10.4. The number of rotatable bonds is 2. The molecule has 0 fully saturated rings. The molecule has 0 saturated carbocycles. The van der Waals surface area contributed by atoms with E-state index in [1.54, 1.807) is 0 Å². The van der Waals surface area contributed by atoms with Crippen LogP contribution in [0.5, 0.6) is 11.5 Å². The Hall–Kier alpha value is -2.11. The second-order valence-corrected chi connectivity index (χ2v) is 8.60. The van der Waals surface area contributed by atoms with Gasteiger partial charge >= 0.3 is 5.97 Å². The van der Waals surface area contributed by atoms with Crippen LogP contribution >= 0.6 is 31.9 Å². The molecule has 142 valence electrons. The van der Waals surface area contributed by atoms with E-state index in [0.29, 0.717) is 5.56 Å². The maximum atomic E-state index is 12.5. The standard InChI is InChI=1S/C23H18Br2O3/c1-12-8-20-16(10-18(12)24)22(14-6-4-5-7-15(14)23(26)27-3)17-11-19(25)13(2)9-21(17)28-20/h4-11,22H,1-3H3. The van der Waals surface area contributed by atoms with Crippen molar-refractivity contribution in [2.75, 3.05) is 7.11 Å². The quantitative estimate of drug-likeness (QED) is 0.280. The van der Waals surface area contributed by atoms with E-state index >= 15 is 0 Å². The maximum Gasteiger partial charge on any atom is 0.338 e. The van der Waals surface area contributed by atoms with Crippen LogP contribution in [0.15, 0.2) is 57.5 Å². The van der Waals surface area contributed by atoms with Crippen LogP contribution in [0.25, 0.3) is 0 Å². The number of halogens is 2. The van der Waals surface area contributed by atoms with Crippen molar-refractivity contribution in [2.24, 2.45) is 0 Å². The Kier molecular flexibility index (Phi) is 5.06. The Morgan fingerprint density at radius 1 is 0.893 bits per heavy atom. The van der Waals surface area contributed by atoms with Crippen molar-refractivity contribution in [1.82, 2.24) is 0 Å². The Labute approximate surface area is 180 Å². The summed E-state index contributed by atoms with van der Waals surface area (Å²) < 4.78 is 13.3. The van der Waals surface area contributed by atoms with E-state index in [9.17, 15) is 4.79 Å². The molecule has 0 aliphatic carbocycles. The third-order valence-corrected chi connectivity index (χ3v) is 6.81. The zero-order valence-electron chi connectivity index (χ0n) is 15.7. The second-order valence-electron chi connectivity index (χ2n) is 6.89. The van der Waals surface area contributed by atoms with E-state index in [2.05, 4.69) is 44.0 Å². The number of aryl methyl sites for hydroxylation is 2. The SMILES string of the molecule is COC(=O)c1ccccc1C1c2cc(Br)c(C)cc2Oc2cc(C)c(Br)cc21. The van der Waals surface area contributed by atoms with Crippen LogP contribution < -0.4 is 4.74 Å². The van der Waals surface area contributed by atoms with Crippen LogP contribution in [0, 0.1) is 13.8 Å². The van der Waals surface area contributed by atoms with Gasteiger partial charge in [-0.25, -0.2) is 4.79 Å². The normalized spacial score (nSPS) is 12.8. The molecule has 0 spiro atoms. The summed E-state index contributed by atoms with van der Waals surface area (Å²) in [6.45, 7) is 4.07. The molecule has 3 nitrogen and oxygen atoms in total. The number of ether oxygens (including phenoxy) is 2. The number of carbonyl (C=O) groups is 1. The molecule has 0 saturated heterocycles. The van der Waals surface area contributed by atoms with Gasteiger partial charge in [0.1, 0.15) is 11.5 Å². The minimum atomic E-state index is -0.345. The van der Waals surface area contributed by atoms with Crippen LogP contribution in [-0.2, 0) is 4.74 Å². The van der Waals surface area contributed by atoms with Crippen LogP contribution in [0.1, 0.15) is 44.1 Å². The fraction of sp³-hybridized carbons (Fsp3) is 0.174. The number of benzene rings is 3. The topological polar surface area (TPSA) is 35.5 Å². The molecular weight excluding hydrogens is 484 g/mol. The summed E-state index contributed by atoms with van der Waals surface area (Å²) in [4.78, 5) is 12.5. The monoisotopic (exact) mass is 500 g/mol. The highest BCUT2D eigenvalue weighted by Gasteiger charge is 2.32. The molecule has 1 heterocycles. The summed E-state index contributed by atoms with van der Waals surface area (Å²) in [7, 11) is 1.41.